The number of rotatable bonds is 29. The lowest BCUT2D eigenvalue weighted by Gasteiger charge is -2.18. The lowest BCUT2D eigenvalue weighted by Crippen LogP contribution is -2.29. The second-order valence-electron chi connectivity index (χ2n) is 10.8. The van der Waals surface area contributed by atoms with Crippen molar-refractivity contribution in [3.8, 4) is 0 Å². The van der Waals surface area contributed by atoms with Crippen LogP contribution < -0.4 is 0 Å². The molecule has 9 heteroatoms. The third kappa shape index (κ3) is 29.8. The molecule has 0 fully saturated rings. The molecule has 0 rings (SSSR count). The minimum atomic E-state index is -4.74. The van der Waals surface area contributed by atoms with Crippen molar-refractivity contribution in [3.05, 3.63) is 12.2 Å². The summed E-state index contributed by atoms with van der Waals surface area (Å²) in [5, 5.41) is 0. The van der Waals surface area contributed by atoms with Crippen molar-refractivity contribution in [2.45, 2.75) is 161 Å². The first-order valence-corrected chi connectivity index (χ1v) is 17.5. The van der Waals surface area contributed by atoms with Crippen molar-refractivity contribution in [1.29, 1.82) is 0 Å². The molecule has 0 aromatic rings. The average Bonchev–Trinajstić information content (AvgIpc) is 2.91. The molecule has 0 radical (unpaired) electrons. The first-order valence-electron chi connectivity index (χ1n) is 16.0. The van der Waals surface area contributed by atoms with Crippen LogP contribution in [0.2, 0.25) is 0 Å². The molecule has 0 aliphatic carbocycles. The van der Waals surface area contributed by atoms with Crippen molar-refractivity contribution < 1.29 is 37.9 Å². The van der Waals surface area contributed by atoms with Gasteiger partial charge in [-0.15, -0.1) is 0 Å². The van der Waals surface area contributed by atoms with E-state index in [9.17, 15) is 14.2 Å². The maximum atomic E-state index is 12.3. The van der Waals surface area contributed by atoms with E-state index < -0.39 is 32.5 Å². The van der Waals surface area contributed by atoms with Gasteiger partial charge in [0.1, 0.15) is 6.61 Å². The Morgan fingerprint density at radius 3 is 1.55 bits per heavy atom. The SMILES string of the molecule is CCCCCC/C=C/CCCCCCCC(=O)O[C@H](COC(=O)CCCCCCCCCCC)COP(=O)(O)O. The number of esters is 2. The summed E-state index contributed by atoms with van der Waals surface area (Å²) in [4.78, 5) is 42.3. The molecule has 236 valence electrons. The average molecular weight is 591 g/mol. The minimum Gasteiger partial charge on any atom is -0.462 e. The van der Waals surface area contributed by atoms with Gasteiger partial charge in [0.2, 0.25) is 0 Å². The number of phosphoric ester groups is 1. The Labute approximate surface area is 244 Å². The molecule has 0 amide bonds. The summed E-state index contributed by atoms with van der Waals surface area (Å²) in [6, 6.07) is 0. The smallest absolute Gasteiger partial charge is 0.462 e. The number of carbonyl (C=O) groups is 2. The van der Waals surface area contributed by atoms with Gasteiger partial charge < -0.3 is 19.3 Å². The van der Waals surface area contributed by atoms with E-state index in [-0.39, 0.29) is 19.4 Å². The number of hydrogen-bond donors (Lipinski definition) is 2. The molecule has 0 aromatic carbocycles. The Hall–Kier alpha value is -1.21. The lowest BCUT2D eigenvalue weighted by atomic mass is 10.1. The number of unbranched alkanes of at least 4 members (excludes halogenated alkanes) is 17. The maximum Gasteiger partial charge on any atom is 0.469 e. The zero-order valence-electron chi connectivity index (χ0n) is 25.5. The molecule has 0 spiro atoms. The lowest BCUT2D eigenvalue weighted by molar-refractivity contribution is -0.161. The van der Waals surface area contributed by atoms with E-state index in [1.807, 2.05) is 0 Å². The molecule has 0 bridgehead atoms. The number of hydrogen-bond acceptors (Lipinski definition) is 6. The molecule has 0 saturated carbocycles. The van der Waals surface area contributed by atoms with E-state index in [4.69, 9.17) is 19.3 Å². The molecule has 0 aromatic heterocycles. The Bertz CT molecular complexity index is 676. The zero-order chi connectivity index (χ0) is 29.7. The molecule has 0 unspecified atom stereocenters. The minimum absolute atomic E-state index is 0.205. The van der Waals surface area contributed by atoms with Crippen LogP contribution in [0.3, 0.4) is 0 Å². The molecule has 0 heterocycles. The van der Waals surface area contributed by atoms with E-state index in [0.29, 0.717) is 6.42 Å². The van der Waals surface area contributed by atoms with Gasteiger partial charge in [0, 0.05) is 12.8 Å². The normalized spacial score (nSPS) is 12.6. The number of carbonyl (C=O) groups excluding carboxylic acids is 2. The van der Waals surface area contributed by atoms with Gasteiger partial charge in [-0.25, -0.2) is 4.57 Å². The van der Waals surface area contributed by atoms with Crippen LogP contribution in [0.1, 0.15) is 155 Å². The summed E-state index contributed by atoms with van der Waals surface area (Å²) in [6.07, 6.45) is 26.5. The van der Waals surface area contributed by atoms with Crippen LogP contribution in [0, 0.1) is 0 Å². The molecule has 40 heavy (non-hydrogen) atoms. The second kappa shape index (κ2) is 27.9. The summed E-state index contributed by atoms with van der Waals surface area (Å²) >= 11 is 0. The van der Waals surface area contributed by atoms with Crippen molar-refractivity contribution >= 4 is 19.8 Å². The monoisotopic (exact) mass is 590 g/mol. The molecule has 2 N–H and O–H groups in total. The summed E-state index contributed by atoms with van der Waals surface area (Å²) in [5.41, 5.74) is 0. The highest BCUT2D eigenvalue weighted by Gasteiger charge is 2.22. The van der Waals surface area contributed by atoms with Gasteiger partial charge in [-0.05, 0) is 38.5 Å². The molecular weight excluding hydrogens is 531 g/mol. The van der Waals surface area contributed by atoms with Crippen molar-refractivity contribution in [1.82, 2.24) is 0 Å². The second-order valence-corrected chi connectivity index (χ2v) is 12.0. The van der Waals surface area contributed by atoms with Gasteiger partial charge in [-0.2, -0.15) is 0 Å². The summed E-state index contributed by atoms with van der Waals surface area (Å²) in [7, 11) is -4.74. The highest BCUT2D eigenvalue weighted by atomic mass is 31.2. The largest absolute Gasteiger partial charge is 0.469 e. The van der Waals surface area contributed by atoms with Crippen LogP contribution in [-0.2, 0) is 28.2 Å². The van der Waals surface area contributed by atoms with Crippen molar-refractivity contribution in [2.24, 2.45) is 0 Å². The maximum absolute atomic E-state index is 12.3. The molecule has 0 aliphatic rings. The predicted octanol–water partition coefficient (Wildman–Crippen LogP) is 8.73. The standard InChI is InChI=1S/C31H59O8P/c1-3-5-7-9-11-13-14-15-16-18-20-22-24-26-31(33)39-29(28-38-40(34,35)36)27-37-30(32)25-23-21-19-17-12-10-8-6-4-2/h13-14,29H,3-12,15-28H2,1-2H3,(H2,34,35,36)/b14-13+/t29-/m1/s1. The molecule has 1 atom stereocenters. The Morgan fingerprint density at radius 1 is 0.625 bits per heavy atom. The topological polar surface area (TPSA) is 119 Å². The third-order valence-electron chi connectivity index (χ3n) is 6.78. The van der Waals surface area contributed by atoms with E-state index in [2.05, 4.69) is 30.5 Å². The van der Waals surface area contributed by atoms with E-state index in [1.165, 1.54) is 70.6 Å². The highest BCUT2D eigenvalue weighted by Crippen LogP contribution is 2.35. The number of ether oxygens (including phenoxy) is 2. The van der Waals surface area contributed by atoms with Gasteiger partial charge in [-0.1, -0.05) is 116 Å². The molecule has 8 nitrogen and oxygen atoms in total. The third-order valence-corrected chi connectivity index (χ3v) is 7.27. The zero-order valence-corrected chi connectivity index (χ0v) is 26.4. The van der Waals surface area contributed by atoms with Gasteiger partial charge >= 0.3 is 19.8 Å². The highest BCUT2D eigenvalue weighted by molar-refractivity contribution is 7.46. The quantitative estimate of drug-likeness (QED) is 0.0384. The van der Waals surface area contributed by atoms with Crippen molar-refractivity contribution in [2.75, 3.05) is 13.2 Å². The summed E-state index contributed by atoms with van der Waals surface area (Å²) in [5.74, 6) is -0.896. The van der Waals surface area contributed by atoms with Crippen LogP contribution in [0.25, 0.3) is 0 Å². The van der Waals surface area contributed by atoms with E-state index >= 15 is 0 Å². The molecule has 0 aliphatic heterocycles. The van der Waals surface area contributed by atoms with E-state index in [1.54, 1.807) is 0 Å². The van der Waals surface area contributed by atoms with Crippen LogP contribution in [0.15, 0.2) is 12.2 Å². The summed E-state index contributed by atoms with van der Waals surface area (Å²) < 4.78 is 26.1. The molecular formula is C31H59O8P. The van der Waals surface area contributed by atoms with Gasteiger partial charge in [0.25, 0.3) is 0 Å². The fourth-order valence-corrected chi connectivity index (χ4v) is 4.73. The van der Waals surface area contributed by atoms with Crippen LogP contribution in [0.5, 0.6) is 0 Å². The molecule has 0 saturated heterocycles. The summed E-state index contributed by atoms with van der Waals surface area (Å²) in [6.45, 7) is 3.61. The Balaban J connectivity index is 4.05. The number of phosphoric acid groups is 1. The van der Waals surface area contributed by atoms with Crippen LogP contribution in [-0.4, -0.2) is 41.0 Å². The Kier molecular flexibility index (Phi) is 27.1. The van der Waals surface area contributed by atoms with Gasteiger partial charge in [-0.3, -0.25) is 14.1 Å². The van der Waals surface area contributed by atoms with Crippen molar-refractivity contribution in [3.63, 3.8) is 0 Å². The Morgan fingerprint density at radius 2 is 1.05 bits per heavy atom. The van der Waals surface area contributed by atoms with Gasteiger partial charge in [0.15, 0.2) is 6.10 Å². The van der Waals surface area contributed by atoms with Gasteiger partial charge in [0.05, 0.1) is 6.61 Å². The first-order chi connectivity index (χ1) is 19.3. The van der Waals surface area contributed by atoms with Crippen LogP contribution in [0.4, 0.5) is 0 Å². The fraction of sp³-hybridized carbons (Fsp3) is 0.871. The van der Waals surface area contributed by atoms with Crippen LogP contribution >= 0.6 is 7.82 Å². The number of allylic oxidation sites excluding steroid dienone is 2. The first kappa shape index (κ1) is 38.8. The fourth-order valence-electron chi connectivity index (χ4n) is 4.37. The predicted molar refractivity (Wildman–Crippen MR) is 161 cm³/mol. The van der Waals surface area contributed by atoms with E-state index in [0.717, 1.165) is 51.4 Å².